The van der Waals surface area contributed by atoms with Gasteiger partial charge in [-0.25, -0.2) is 14.1 Å². The maximum absolute atomic E-state index is 11.5. The van der Waals surface area contributed by atoms with Crippen LogP contribution in [0.15, 0.2) is 42.5 Å². The second-order valence-electron chi connectivity index (χ2n) is 4.97. The minimum absolute atomic E-state index is 0.0354. The Balaban J connectivity index is 2.47. The fourth-order valence-electron chi connectivity index (χ4n) is 2.31. The van der Waals surface area contributed by atoms with Crippen molar-refractivity contribution in [2.45, 2.75) is 5.92 Å². The molecule has 0 saturated carbocycles. The zero-order valence-electron chi connectivity index (χ0n) is 12.9. The highest BCUT2D eigenvalue weighted by molar-refractivity contribution is 7.74. The summed E-state index contributed by atoms with van der Waals surface area (Å²) >= 11 is 2.99. The van der Waals surface area contributed by atoms with Crippen LogP contribution in [0.3, 0.4) is 0 Å². The topological polar surface area (TPSA) is 114 Å². The van der Waals surface area contributed by atoms with Crippen molar-refractivity contribution in [3.8, 4) is 6.07 Å². The number of carboxylic acid groups (broad SMARTS) is 1. The Morgan fingerprint density at radius 1 is 1.32 bits per heavy atom. The molecule has 7 nitrogen and oxygen atoms in total. The first-order chi connectivity index (χ1) is 11.8. The number of nitrogens with zero attached hydrogens (tertiary/aromatic N) is 2. The molecule has 25 heavy (non-hydrogen) atoms. The van der Waals surface area contributed by atoms with Gasteiger partial charge in [-0.1, -0.05) is 29.8 Å². The van der Waals surface area contributed by atoms with Gasteiger partial charge in [-0.05, 0) is 35.4 Å². The highest BCUT2D eigenvalue weighted by Crippen LogP contribution is 2.30. The van der Waals surface area contributed by atoms with Crippen LogP contribution in [0, 0.1) is 11.3 Å². The lowest BCUT2D eigenvalue weighted by atomic mass is 9.91. The number of hydroxylamine groups is 1. The van der Waals surface area contributed by atoms with Crippen molar-refractivity contribution in [3.63, 3.8) is 0 Å². The van der Waals surface area contributed by atoms with E-state index in [2.05, 4.69) is 10.4 Å². The summed E-state index contributed by atoms with van der Waals surface area (Å²) in [5.74, 6) is -1.99. The Kier molecular flexibility index (Phi) is 6.12. The number of benzene rings is 2. The Hall–Kier alpha value is -2.44. The average Bonchev–Trinajstić information content (AvgIpc) is 2.56. The average molecular weight is 380 g/mol. The number of hydrogen-bond donors (Lipinski definition) is 1. The molecule has 2 aromatic rings. The van der Waals surface area contributed by atoms with Crippen LogP contribution in [0.2, 0.25) is 5.02 Å². The van der Waals surface area contributed by atoms with Crippen molar-refractivity contribution < 1.29 is 22.9 Å². The molecule has 0 aliphatic rings. The van der Waals surface area contributed by atoms with Crippen LogP contribution >= 0.6 is 11.6 Å². The first kappa shape index (κ1) is 18.9. The standard InChI is InChI=1S/C16H13ClN2O5S/c1-19(24-25(22)23)15-7-4-11(8-13(15)16(20)21)14(9-18)10-2-5-12(17)6-3-10/h2-8,14H,1H3,(H,20,21)(H,22,23)/p-1. The fourth-order valence-corrected chi connectivity index (χ4v) is 2.70. The number of aromatic carboxylic acids is 1. The summed E-state index contributed by atoms with van der Waals surface area (Å²) < 4.78 is 25.7. The normalized spacial score (nSPS) is 12.9. The molecule has 0 aliphatic heterocycles. The molecule has 0 heterocycles. The van der Waals surface area contributed by atoms with Crippen LogP contribution in [-0.4, -0.2) is 26.9 Å². The first-order valence-electron chi connectivity index (χ1n) is 6.87. The van der Waals surface area contributed by atoms with Gasteiger partial charge in [0.15, 0.2) is 0 Å². The largest absolute Gasteiger partial charge is 0.748 e. The molecule has 1 N–H and O–H groups in total. The number of anilines is 1. The lowest BCUT2D eigenvalue weighted by Crippen LogP contribution is -2.21. The molecule has 2 aromatic carbocycles. The Bertz CT molecular complexity index is 851. The molecular weight excluding hydrogens is 368 g/mol. The molecule has 0 aromatic heterocycles. The second-order valence-corrected chi connectivity index (χ2v) is 5.97. The minimum atomic E-state index is -2.85. The van der Waals surface area contributed by atoms with Crippen molar-refractivity contribution in [2.75, 3.05) is 12.1 Å². The van der Waals surface area contributed by atoms with E-state index in [-0.39, 0.29) is 11.3 Å². The van der Waals surface area contributed by atoms with Crippen molar-refractivity contribution in [3.05, 3.63) is 64.2 Å². The van der Waals surface area contributed by atoms with E-state index < -0.39 is 23.2 Å². The van der Waals surface area contributed by atoms with Crippen LogP contribution in [0.5, 0.6) is 0 Å². The summed E-state index contributed by atoms with van der Waals surface area (Å²) in [5.41, 5.74) is 0.941. The molecule has 130 valence electrons. The number of nitriles is 1. The first-order valence-corrected chi connectivity index (χ1v) is 8.25. The van der Waals surface area contributed by atoms with Crippen LogP contribution in [-0.2, 0) is 15.6 Å². The van der Waals surface area contributed by atoms with Gasteiger partial charge in [0.25, 0.3) is 0 Å². The summed E-state index contributed by atoms with van der Waals surface area (Å²) in [5, 5.41) is 20.2. The zero-order chi connectivity index (χ0) is 18.6. The van der Waals surface area contributed by atoms with Gasteiger partial charge in [0.1, 0.15) is 11.4 Å². The van der Waals surface area contributed by atoms with Gasteiger partial charge >= 0.3 is 5.97 Å². The van der Waals surface area contributed by atoms with Crippen LogP contribution in [0.25, 0.3) is 0 Å². The van der Waals surface area contributed by atoms with Crippen molar-refractivity contribution in [1.29, 1.82) is 5.26 Å². The molecular formula is C16H12ClN2O5S-. The van der Waals surface area contributed by atoms with E-state index in [4.69, 9.17) is 11.6 Å². The Morgan fingerprint density at radius 2 is 1.92 bits per heavy atom. The van der Waals surface area contributed by atoms with Crippen LogP contribution in [0.1, 0.15) is 27.4 Å². The minimum Gasteiger partial charge on any atom is -0.748 e. The quantitative estimate of drug-likeness (QED) is 0.606. The van der Waals surface area contributed by atoms with Gasteiger partial charge in [0.2, 0.25) is 0 Å². The third kappa shape index (κ3) is 4.55. The molecule has 9 heteroatoms. The predicted octanol–water partition coefficient (Wildman–Crippen LogP) is 2.86. The van der Waals surface area contributed by atoms with Gasteiger partial charge in [-0.15, -0.1) is 0 Å². The maximum Gasteiger partial charge on any atom is 0.337 e. The molecule has 0 radical (unpaired) electrons. The van der Waals surface area contributed by atoms with E-state index in [1.165, 1.54) is 25.2 Å². The molecule has 0 aliphatic carbocycles. The van der Waals surface area contributed by atoms with E-state index in [1.54, 1.807) is 24.3 Å². The van der Waals surface area contributed by atoms with Crippen molar-refractivity contribution in [1.82, 2.24) is 0 Å². The number of carboxylic acids is 1. The summed E-state index contributed by atoms with van der Waals surface area (Å²) in [6.45, 7) is 0. The van der Waals surface area contributed by atoms with Crippen LogP contribution in [0.4, 0.5) is 5.69 Å². The lowest BCUT2D eigenvalue weighted by molar-refractivity contribution is 0.0696. The monoisotopic (exact) mass is 379 g/mol. The smallest absolute Gasteiger partial charge is 0.337 e. The number of hydrogen-bond acceptors (Lipinski definition) is 6. The molecule has 0 amide bonds. The van der Waals surface area contributed by atoms with Gasteiger partial charge in [-0.3, -0.25) is 0 Å². The predicted molar refractivity (Wildman–Crippen MR) is 90.7 cm³/mol. The van der Waals surface area contributed by atoms with Gasteiger partial charge in [-0.2, -0.15) is 9.55 Å². The number of halogens is 1. The van der Waals surface area contributed by atoms with Crippen molar-refractivity contribution in [2.24, 2.45) is 0 Å². The van der Waals surface area contributed by atoms with E-state index in [1.807, 2.05) is 0 Å². The molecule has 0 bridgehead atoms. The van der Waals surface area contributed by atoms with Gasteiger partial charge < -0.3 is 9.66 Å². The van der Waals surface area contributed by atoms with Crippen LogP contribution < -0.4 is 5.06 Å². The van der Waals surface area contributed by atoms with Gasteiger partial charge in [0.05, 0.1) is 23.2 Å². The summed E-state index contributed by atoms with van der Waals surface area (Å²) in [7, 11) is 1.26. The summed E-state index contributed by atoms with van der Waals surface area (Å²) in [4.78, 5) is 11.5. The Morgan fingerprint density at radius 3 is 2.44 bits per heavy atom. The van der Waals surface area contributed by atoms with Crippen molar-refractivity contribution >= 4 is 34.6 Å². The molecule has 2 unspecified atom stereocenters. The third-order valence-corrected chi connectivity index (χ3v) is 4.03. The summed E-state index contributed by atoms with van der Waals surface area (Å²) in [6, 6.07) is 13.0. The number of carbonyl (C=O) groups is 1. The maximum atomic E-state index is 11.5. The lowest BCUT2D eigenvalue weighted by Gasteiger charge is -2.22. The molecule has 0 spiro atoms. The molecule has 2 atom stereocenters. The third-order valence-electron chi connectivity index (χ3n) is 3.43. The van der Waals surface area contributed by atoms with Gasteiger partial charge in [0, 0.05) is 12.1 Å². The molecule has 0 fully saturated rings. The second kappa shape index (κ2) is 8.09. The SMILES string of the molecule is CN(OS(=O)[O-])c1ccc(C(C#N)c2ccc(Cl)cc2)cc1C(=O)O. The van der Waals surface area contributed by atoms with E-state index >= 15 is 0 Å². The van der Waals surface area contributed by atoms with E-state index in [0.717, 1.165) is 5.06 Å². The fraction of sp³-hybridized carbons (Fsp3) is 0.125. The zero-order valence-corrected chi connectivity index (χ0v) is 14.5. The highest BCUT2D eigenvalue weighted by Gasteiger charge is 2.20. The molecule has 0 saturated heterocycles. The summed E-state index contributed by atoms with van der Waals surface area (Å²) in [6.07, 6.45) is 0. The van der Waals surface area contributed by atoms with E-state index in [0.29, 0.717) is 16.1 Å². The number of rotatable bonds is 6. The Labute approximate surface area is 151 Å². The highest BCUT2D eigenvalue weighted by atomic mass is 35.5. The molecule has 2 rings (SSSR count). The van der Waals surface area contributed by atoms with E-state index in [9.17, 15) is 23.9 Å².